The molecule has 0 unspecified atom stereocenters. The largest absolute Gasteiger partial charge is 0.465 e. The van der Waals surface area contributed by atoms with Crippen molar-refractivity contribution in [1.82, 2.24) is 0 Å². The van der Waals surface area contributed by atoms with Crippen molar-refractivity contribution in [3.8, 4) is 0 Å². The molecule has 84 valence electrons. The van der Waals surface area contributed by atoms with Crippen LogP contribution >= 0.6 is 0 Å². The molecule has 1 rings (SSSR count). The highest BCUT2D eigenvalue weighted by atomic mass is 19.1. The van der Waals surface area contributed by atoms with Gasteiger partial charge >= 0.3 is 11.7 Å². The first-order valence-electron chi connectivity index (χ1n) is 4.02. The highest BCUT2D eigenvalue weighted by Gasteiger charge is 2.21. The average Bonchev–Trinajstić information content (AvgIpc) is 2.27. The van der Waals surface area contributed by atoms with Gasteiger partial charge in [-0.15, -0.1) is 0 Å². The molecule has 0 heterocycles. The monoisotopic (exact) mass is 227 g/mol. The number of esters is 1. The number of rotatable bonds is 3. The summed E-state index contributed by atoms with van der Waals surface area (Å²) in [5.74, 6) is -2.13. The number of nitrogens with zero attached hydrogens (tertiary/aromatic N) is 1. The summed E-state index contributed by atoms with van der Waals surface area (Å²) in [6.45, 7) is 0. The fourth-order valence-corrected chi connectivity index (χ4v) is 1.10. The highest BCUT2D eigenvalue weighted by molar-refractivity contribution is 5.98. The number of nitro benzene ring substituents is 1. The highest BCUT2D eigenvalue weighted by Crippen LogP contribution is 2.21. The number of aldehydes is 1. The van der Waals surface area contributed by atoms with Crippen molar-refractivity contribution >= 4 is 17.9 Å². The minimum absolute atomic E-state index is 0.221. The number of hydrogen-bond acceptors (Lipinski definition) is 5. The topological polar surface area (TPSA) is 86.5 Å². The lowest BCUT2D eigenvalue weighted by atomic mass is 10.1. The van der Waals surface area contributed by atoms with E-state index in [0.717, 1.165) is 7.11 Å². The van der Waals surface area contributed by atoms with Gasteiger partial charge in [-0.25, -0.2) is 4.79 Å². The SMILES string of the molecule is COC(=O)c1cc(F)c([N+](=O)[O-])cc1C=O. The standard InChI is InChI=1S/C9H6FNO5/c1-16-9(13)6-3-7(10)8(11(14)15)2-5(6)4-12/h2-4H,1H3. The van der Waals surface area contributed by atoms with Crippen molar-refractivity contribution < 1.29 is 23.6 Å². The smallest absolute Gasteiger partial charge is 0.338 e. The zero-order chi connectivity index (χ0) is 12.3. The lowest BCUT2D eigenvalue weighted by molar-refractivity contribution is -0.387. The first-order valence-corrected chi connectivity index (χ1v) is 4.02. The number of nitro groups is 1. The molecule has 0 aliphatic rings. The Morgan fingerprint density at radius 2 is 2.19 bits per heavy atom. The molecule has 0 bridgehead atoms. The summed E-state index contributed by atoms with van der Waals surface area (Å²) in [7, 11) is 1.05. The van der Waals surface area contributed by atoms with Crippen molar-refractivity contribution in [2.75, 3.05) is 7.11 Å². The Hall–Kier alpha value is -2.31. The average molecular weight is 227 g/mol. The van der Waals surface area contributed by atoms with Crippen LogP contribution in [0.1, 0.15) is 20.7 Å². The third-order valence-corrected chi connectivity index (χ3v) is 1.85. The number of carbonyl (C=O) groups excluding carboxylic acids is 2. The first-order chi connectivity index (χ1) is 7.51. The molecular formula is C9H6FNO5. The molecule has 7 heteroatoms. The fourth-order valence-electron chi connectivity index (χ4n) is 1.10. The van der Waals surface area contributed by atoms with Crippen molar-refractivity contribution in [3.05, 3.63) is 39.2 Å². The summed E-state index contributed by atoms with van der Waals surface area (Å²) in [6.07, 6.45) is 0.221. The third kappa shape index (κ3) is 2.02. The molecule has 0 aliphatic carbocycles. The van der Waals surface area contributed by atoms with Crippen LogP contribution in [0.25, 0.3) is 0 Å². The van der Waals surface area contributed by atoms with Crippen LogP contribution in [-0.2, 0) is 4.74 Å². The molecule has 0 atom stereocenters. The molecule has 0 saturated heterocycles. The van der Waals surface area contributed by atoms with E-state index >= 15 is 0 Å². The number of hydrogen-bond donors (Lipinski definition) is 0. The predicted molar refractivity (Wildman–Crippen MR) is 49.8 cm³/mol. The number of ether oxygens (including phenoxy) is 1. The van der Waals surface area contributed by atoms with E-state index in [0.29, 0.717) is 12.1 Å². The Morgan fingerprint density at radius 3 is 2.62 bits per heavy atom. The Kier molecular flexibility index (Phi) is 3.29. The molecule has 1 aromatic rings. The Bertz CT molecular complexity index is 471. The maximum absolute atomic E-state index is 13.1. The Morgan fingerprint density at radius 1 is 1.56 bits per heavy atom. The van der Waals surface area contributed by atoms with Crippen LogP contribution in [0.2, 0.25) is 0 Å². The van der Waals surface area contributed by atoms with E-state index in [9.17, 15) is 24.1 Å². The summed E-state index contributed by atoms with van der Waals surface area (Å²) >= 11 is 0. The maximum atomic E-state index is 13.1. The number of benzene rings is 1. The van der Waals surface area contributed by atoms with E-state index in [1.54, 1.807) is 0 Å². The van der Waals surface area contributed by atoms with E-state index < -0.39 is 22.4 Å². The van der Waals surface area contributed by atoms with Gasteiger partial charge in [0, 0.05) is 11.6 Å². The van der Waals surface area contributed by atoms with E-state index in [1.165, 1.54) is 0 Å². The molecule has 0 saturated carbocycles. The number of methoxy groups -OCH3 is 1. The quantitative estimate of drug-likeness (QED) is 0.336. The number of halogens is 1. The van der Waals surface area contributed by atoms with Gasteiger partial charge in [-0.2, -0.15) is 4.39 Å². The molecule has 0 aliphatic heterocycles. The first kappa shape index (κ1) is 11.8. The Labute approximate surface area is 88.8 Å². The zero-order valence-electron chi connectivity index (χ0n) is 8.10. The fraction of sp³-hybridized carbons (Fsp3) is 0.111. The lowest BCUT2D eigenvalue weighted by Crippen LogP contribution is -2.07. The minimum atomic E-state index is -1.20. The zero-order valence-corrected chi connectivity index (χ0v) is 8.10. The molecule has 6 nitrogen and oxygen atoms in total. The van der Waals surface area contributed by atoms with Gasteiger partial charge in [0.25, 0.3) is 0 Å². The van der Waals surface area contributed by atoms with Gasteiger partial charge < -0.3 is 4.74 Å². The predicted octanol–water partition coefficient (Wildman–Crippen LogP) is 1.33. The molecular weight excluding hydrogens is 221 g/mol. The molecule has 0 N–H and O–H groups in total. The molecule has 0 fully saturated rings. The summed E-state index contributed by atoms with van der Waals surface area (Å²) < 4.78 is 17.4. The summed E-state index contributed by atoms with van der Waals surface area (Å²) in [4.78, 5) is 31.1. The maximum Gasteiger partial charge on any atom is 0.338 e. The molecule has 0 amide bonds. The summed E-state index contributed by atoms with van der Waals surface area (Å²) in [5, 5.41) is 10.4. The van der Waals surface area contributed by atoms with Crippen LogP contribution in [0.4, 0.5) is 10.1 Å². The second-order valence-corrected chi connectivity index (χ2v) is 2.76. The van der Waals surface area contributed by atoms with E-state index in [4.69, 9.17) is 0 Å². The van der Waals surface area contributed by atoms with Crippen LogP contribution < -0.4 is 0 Å². The van der Waals surface area contributed by atoms with Crippen molar-refractivity contribution in [2.24, 2.45) is 0 Å². The van der Waals surface area contributed by atoms with Gasteiger partial charge in [0.15, 0.2) is 6.29 Å². The van der Waals surface area contributed by atoms with Gasteiger partial charge in [0.1, 0.15) is 0 Å². The third-order valence-electron chi connectivity index (χ3n) is 1.85. The van der Waals surface area contributed by atoms with Crippen molar-refractivity contribution in [1.29, 1.82) is 0 Å². The molecule has 0 aromatic heterocycles. The van der Waals surface area contributed by atoms with E-state index in [1.807, 2.05) is 0 Å². The van der Waals surface area contributed by atoms with Crippen LogP contribution in [0, 0.1) is 15.9 Å². The van der Waals surface area contributed by atoms with Crippen molar-refractivity contribution in [2.45, 2.75) is 0 Å². The van der Waals surface area contributed by atoms with Crippen LogP contribution in [-0.4, -0.2) is 24.3 Å². The van der Waals surface area contributed by atoms with Gasteiger partial charge in [-0.1, -0.05) is 0 Å². The van der Waals surface area contributed by atoms with Gasteiger partial charge in [0.2, 0.25) is 5.82 Å². The van der Waals surface area contributed by atoms with Crippen LogP contribution in [0.15, 0.2) is 12.1 Å². The molecule has 0 spiro atoms. The molecule has 0 radical (unpaired) electrons. The second-order valence-electron chi connectivity index (χ2n) is 2.76. The van der Waals surface area contributed by atoms with Gasteiger partial charge in [0.05, 0.1) is 17.6 Å². The summed E-state index contributed by atoms with van der Waals surface area (Å²) in [6, 6.07) is 1.29. The van der Waals surface area contributed by atoms with E-state index in [2.05, 4.69) is 4.74 Å². The van der Waals surface area contributed by atoms with Gasteiger partial charge in [-0.3, -0.25) is 14.9 Å². The Balaban J connectivity index is 3.43. The molecule has 16 heavy (non-hydrogen) atoms. The molecule has 1 aromatic carbocycles. The number of carbonyl (C=O) groups is 2. The van der Waals surface area contributed by atoms with Gasteiger partial charge in [-0.05, 0) is 6.07 Å². The minimum Gasteiger partial charge on any atom is -0.465 e. The van der Waals surface area contributed by atoms with Crippen LogP contribution in [0.3, 0.4) is 0 Å². The summed E-state index contributed by atoms with van der Waals surface area (Å²) in [5.41, 5.74) is -1.50. The lowest BCUT2D eigenvalue weighted by Gasteiger charge is -2.03. The van der Waals surface area contributed by atoms with Crippen molar-refractivity contribution in [3.63, 3.8) is 0 Å². The van der Waals surface area contributed by atoms with Crippen LogP contribution in [0.5, 0.6) is 0 Å². The normalized spacial score (nSPS) is 9.62. The van der Waals surface area contributed by atoms with E-state index in [-0.39, 0.29) is 17.4 Å². The second kappa shape index (κ2) is 4.47.